The lowest BCUT2D eigenvalue weighted by Gasteiger charge is -2.21. The van der Waals surface area contributed by atoms with Crippen molar-refractivity contribution >= 4 is 11.9 Å². The first kappa shape index (κ1) is 15.2. The minimum absolute atomic E-state index is 0.0628. The third-order valence-electron chi connectivity index (χ3n) is 4.59. The van der Waals surface area contributed by atoms with Crippen molar-refractivity contribution in [2.45, 2.75) is 18.6 Å². The van der Waals surface area contributed by atoms with Gasteiger partial charge in [-0.2, -0.15) is 5.26 Å². The van der Waals surface area contributed by atoms with E-state index in [1.54, 1.807) is 37.6 Å². The van der Waals surface area contributed by atoms with Gasteiger partial charge in [-0.15, -0.1) is 4.99 Å². The van der Waals surface area contributed by atoms with Crippen molar-refractivity contribution in [2.24, 2.45) is 4.99 Å². The van der Waals surface area contributed by atoms with Gasteiger partial charge >= 0.3 is 6.02 Å². The van der Waals surface area contributed by atoms with Gasteiger partial charge in [0.2, 0.25) is 6.19 Å². The predicted octanol–water partition coefficient (Wildman–Crippen LogP) is 2.67. The van der Waals surface area contributed by atoms with Gasteiger partial charge in [0.05, 0.1) is 7.11 Å². The number of nitriles is 1. The number of benzene rings is 2. The molecule has 0 saturated carbocycles. The zero-order valence-corrected chi connectivity index (χ0v) is 13.5. The summed E-state index contributed by atoms with van der Waals surface area (Å²) in [5, 5.41) is 8.95. The third kappa shape index (κ3) is 2.41. The fourth-order valence-corrected chi connectivity index (χ4v) is 3.47. The van der Waals surface area contributed by atoms with Gasteiger partial charge in [0.1, 0.15) is 17.9 Å². The van der Waals surface area contributed by atoms with Crippen LogP contribution in [0.4, 0.5) is 0 Å². The second-order valence-corrected chi connectivity index (χ2v) is 5.90. The molecule has 0 N–H and O–H groups in total. The number of amidine groups is 1. The smallest absolute Gasteiger partial charge is 0.311 e. The first-order valence-electron chi connectivity index (χ1n) is 7.92. The standard InChI is InChI=1S/C19H15N3O3/c1-24-14-8-6-12(7-9-14)18(23)22-17-15-5-3-2-4-13(15)10-16(17)25-19(22)21-11-20/h2-9,16-17H,10H2,1H3/t16-,17+/m1/s1. The minimum atomic E-state index is -0.266. The number of nitrogens with zero attached hydrogens (tertiary/aromatic N) is 3. The van der Waals surface area contributed by atoms with Gasteiger partial charge in [-0.3, -0.25) is 4.79 Å². The Kier molecular flexibility index (Phi) is 3.62. The zero-order valence-electron chi connectivity index (χ0n) is 13.5. The summed E-state index contributed by atoms with van der Waals surface area (Å²) in [5.41, 5.74) is 2.68. The molecule has 0 bridgehead atoms. The summed E-state index contributed by atoms with van der Waals surface area (Å²) in [4.78, 5) is 18.3. The van der Waals surface area contributed by atoms with Gasteiger partial charge in [0.25, 0.3) is 5.91 Å². The Labute approximate surface area is 144 Å². The largest absolute Gasteiger partial charge is 0.497 e. The molecule has 2 aliphatic rings. The lowest BCUT2D eigenvalue weighted by atomic mass is 10.1. The summed E-state index contributed by atoms with van der Waals surface area (Å²) in [7, 11) is 1.57. The van der Waals surface area contributed by atoms with E-state index in [0.29, 0.717) is 17.7 Å². The monoisotopic (exact) mass is 333 g/mol. The molecule has 2 atom stereocenters. The molecule has 0 unspecified atom stereocenters. The SMILES string of the molecule is COc1ccc(C(=O)N2C(=NC#N)O[C@@H]3Cc4ccccc4[C@@H]32)cc1. The zero-order chi connectivity index (χ0) is 17.4. The molecule has 4 rings (SSSR count). The van der Waals surface area contributed by atoms with E-state index in [1.807, 2.05) is 24.3 Å². The second kappa shape index (κ2) is 5.95. The molecule has 2 aromatic carbocycles. The highest BCUT2D eigenvalue weighted by Crippen LogP contribution is 2.43. The number of methoxy groups -OCH3 is 1. The molecule has 0 aromatic heterocycles. The van der Waals surface area contributed by atoms with E-state index in [1.165, 1.54) is 4.90 Å². The van der Waals surface area contributed by atoms with Crippen LogP contribution in [-0.4, -0.2) is 30.0 Å². The topological polar surface area (TPSA) is 74.9 Å². The summed E-state index contributed by atoms with van der Waals surface area (Å²) in [5.74, 6) is 0.421. The van der Waals surface area contributed by atoms with Gasteiger partial charge in [-0.05, 0) is 35.4 Å². The van der Waals surface area contributed by atoms with E-state index in [4.69, 9.17) is 14.7 Å². The Morgan fingerprint density at radius 1 is 1.28 bits per heavy atom. The van der Waals surface area contributed by atoms with Gasteiger partial charge < -0.3 is 9.47 Å². The van der Waals surface area contributed by atoms with Crippen molar-refractivity contribution in [3.8, 4) is 11.9 Å². The van der Waals surface area contributed by atoms with Crippen LogP contribution in [0, 0.1) is 11.5 Å². The van der Waals surface area contributed by atoms with Crippen molar-refractivity contribution in [2.75, 3.05) is 7.11 Å². The van der Waals surface area contributed by atoms with Gasteiger partial charge in [0.15, 0.2) is 0 Å². The molecule has 1 amide bonds. The van der Waals surface area contributed by atoms with E-state index in [9.17, 15) is 4.79 Å². The van der Waals surface area contributed by atoms with Crippen LogP contribution in [0.5, 0.6) is 5.75 Å². The van der Waals surface area contributed by atoms with Crippen molar-refractivity contribution in [3.63, 3.8) is 0 Å². The van der Waals surface area contributed by atoms with Crippen LogP contribution < -0.4 is 4.74 Å². The average Bonchev–Trinajstić information content (AvgIpc) is 3.17. The number of aliphatic imine (C=N–C) groups is 1. The minimum Gasteiger partial charge on any atom is -0.497 e. The summed E-state index contributed by atoms with van der Waals surface area (Å²) in [6.07, 6.45) is 2.20. The number of fused-ring (bicyclic) bond motifs is 3. The van der Waals surface area contributed by atoms with Crippen LogP contribution in [0.1, 0.15) is 27.5 Å². The van der Waals surface area contributed by atoms with Crippen LogP contribution in [0.15, 0.2) is 53.5 Å². The van der Waals surface area contributed by atoms with E-state index < -0.39 is 0 Å². The highest BCUT2D eigenvalue weighted by molar-refractivity contribution is 6.06. The summed E-state index contributed by atoms with van der Waals surface area (Å²) >= 11 is 0. The summed E-state index contributed by atoms with van der Waals surface area (Å²) < 4.78 is 10.9. The molecular formula is C19H15N3O3. The number of carbonyl (C=O) groups excluding carboxylic acids is 1. The Hall–Kier alpha value is -3.33. The Morgan fingerprint density at radius 2 is 2.04 bits per heavy atom. The van der Waals surface area contributed by atoms with Crippen LogP contribution in [-0.2, 0) is 11.2 Å². The van der Waals surface area contributed by atoms with Crippen LogP contribution in [0.3, 0.4) is 0 Å². The molecule has 0 radical (unpaired) electrons. The first-order valence-corrected chi connectivity index (χ1v) is 7.92. The maximum absolute atomic E-state index is 13.1. The van der Waals surface area contributed by atoms with Crippen LogP contribution in [0.2, 0.25) is 0 Å². The second-order valence-electron chi connectivity index (χ2n) is 5.90. The fraction of sp³-hybridized carbons (Fsp3) is 0.211. The summed E-state index contributed by atoms with van der Waals surface area (Å²) in [6, 6.07) is 14.6. The molecule has 6 nitrogen and oxygen atoms in total. The van der Waals surface area contributed by atoms with Crippen LogP contribution in [0.25, 0.3) is 0 Å². The summed E-state index contributed by atoms with van der Waals surface area (Å²) in [6.45, 7) is 0. The van der Waals surface area contributed by atoms with Gasteiger partial charge in [-0.25, -0.2) is 4.90 Å². The Bertz CT molecular complexity index is 899. The molecule has 25 heavy (non-hydrogen) atoms. The fourth-order valence-electron chi connectivity index (χ4n) is 3.47. The van der Waals surface area contributed by atoms with E-state index in [-0.39, 0.29) is 24.1 Å². The number of ether oxygens (including phenoxy) is 2. The molecule has 1 heterocycles. The highest BCUT2D eigenvalue weighted by Gasteiger charge is 2.49. The Morgan fingerprint density at radius 3 is 2.76 bits per heavy atom. The normalized spacial score (nSPS) is 22.1. The van der Waals surface area contributed by atoms with Gasteiger partial charge in [0, 0.05) is 12.0 Å². The molecule has 6 heteroatoms. The lowest BCUT2D eigenvalue weighted by molar-refractivity contribution is 0.0811. The van der Waals surface area contributed by atoms with Crippen LogP contribution >= 0.6 is 0 Å². The van der Waals surface area contributed by atoms with Gasteiger partial charge in [-0.1, -0.05) is 24.3 Å². The number of rotatable bonds is 2. The predicted molar refractivity (Wildman–Crippen MR) is 90.0 cm³/mol. The number of carbonyl (C=O) groups is 1. The lowest BCUT2D eigenvalue weighted by Crippen LogP contribution is -2.35. The third-order valence-corrected chi connectivity index (χ3v) is 4.59. The van der Waals surface area contributed by atoms with E-state index >= 15 is 0 Å². The van der Waals surface area contributed by atoms with Crippen molar-refractivity contribution in [1.29, 1.82) is 5.26 Å². The highest BCUT2D eigenvalue weighted by atomic mass is 16.5. The molecule has 1 aliphatic carbocycles. The van der Waals surface area contributed by atoms with Crippen molar-refractivity contribution in [1.82, 2.24) is 4.90 Å². The quantitative estimate of drug-likeness (QED) is 0.792. The number of hydrogen-bond donors (Lipinski definition) is 0. The van der Waals surface area contributed by atoms with Crippen molar-refractivity contribution < 1.29 is 14.3 Å². The first-order chi connectivity index (χ1) is 12.2. The molecule has 0 spiro atoms. The Balaban J connectivity index is 1.75. The molecule has 1 fully saturated rings. The maximum atomic E-state index is 13.1. The van der Waals surface area contributed by atoms with E-state index in [0.717, 1.165) is 11.1 Å². The van der Waals surface area contributed by atoms with E-state index in [2.05, 4.69) is 4.99 Å². The average molecular weight is 333 g/mol. The maximum Gasteiger partial charge on any atom is 0.311 e. The number of hydrogen-bond acceptors (Lipinski definition) is 5. The number of amides is 1. The molecule has 1 saturated heterocycles. The molecule has 124 valence electrons. The molecular weight excluding hydrogens is 318 g/mol. The van der Waals surface area contributed by atoms with Crippen molar-refractivity contribution in [3.05, 3.63) is 65.2 Å². The molecule has 2 aromatic rings. The molecule has 1 aliphatic heterocycles.